The maximum Gasteiger partial charge on any atom is 0.255 e. The lowest BCUT2D eigenvalue weighted by atomic mass is 9.94. The van der Waals surface area contributed by atoms with E-state index in [1.807, 2.05) is 18.7 Å². The van der Waals surface area contributed by atoms with Crippen molar-refractivity contribution in [2.24, 2.45) is 0 Å². The molecular weight excluding hydrogens is 218 g/mol. The van der Waals surface area contributed by atoms with Gasteiger partial charge in [-0.25, -0.2) is 0 Å². The third-order valence-electron chi connectivity index (χ3n) is 4.52. The first kappa shape index (κ1) is 12.8. The Hall–Kier alpha value is -0.610. The first-order valence-corrected chi connectivity index (χ1v) is 6.57. The van der Waals surface area contributed by atoms with Crippen LogP contribution in [0.25, 0.3) is 0 Å². The molecule has 4 heteroatoms. The fourth-order valence-electron chi connectivity index (χ4n) is 3.14. The van der Waals surface area contributed by atoms with Gasteiger partial charge in [0.1, 0.15) is 5.60 Å². The molecule has 0 aromatic rings. The van der Waals surface area contributed by atoms with Gasteiger partial charge in [-0.15, -0.1) is 0 Å². The average Bonchev–Trinajstić information content (AvgIpc) is 2.59. The van der Waals surface area contributed by atoms with Gasteiger partial charge in [-0.3, -0.25) is 4.79 Å². The van der Waals surface area contributed by atoms with Crippen LogP contribution in [0.4, 0.5) is 0 Å². The van der Waals surface area contributed by atoms with Crippen LogP contribution < -0.4 is 0 Å². The van der Waals surface area contributed by atoms with E-state index in [4.69, 9.17) is 4.74 Å². The molecule has 0 spiro atoms. The SMILES string of the molecule is CCC(C)(OC)C(=O)N1C2CCC1CC(O)C2. The zero-order valence-electron chi connectivity index (χ0n) is 11.0. The molecule has 1 N–H and O–H groups in total. The van der Waals surface area contributed by atoms with Crippen molar-refractivity contribution in [1.29, 1.82) is 0 Å². The van der Waals surface area contributed by atoms with Crippen LogP contribution >= 0.6 is 0 Å². The molecule has 2 bridgehead atoms. The maximum absolute atomic E-state index is 12.6. The molecule has 2 fully saturated rings. The van der Waals surface area contributed by atoms with E-state index in [9.17, 15) is 9.90 Å². The summed E-state index contributed by atoms with van der Waals surface area (Å²) in [4.78, 5) is 14.6. The summed E-state index contributed by atoms with van der Waals surface area (Å²) in [5, 5.41) is 9.74. The minimum atomic E-state index is -0.705. The van der Waals surface area contributed by atoms with Gasteiger partial charge in [0.25, 0.3) is 5.91 Å². The van der Waals surface area contributed by atoms with Gasteiger partial charge in [0.2, 0.25) is 0 Å². The van der Waals surface area contributed by atoms with Gasteiger partial charge in [0.05, 0.1) is 6.10 Å². The van der Waals surface area contributed by atoms with Gasteiger partial charge in [-0.05, 0) is 39.0 Å². The number of hydrogen-bond acceptors (Lipinski definition) is 3. The predicted octanol–water partition coefficient (Wildman–Crippen LogP) is 1.32. The van der Waals surface area contributed by atoms with E-state index in [-0.39, 0.29) is 24.1 Å². The monoisotopic (exact) mass is 241 g/mol. The van der Waals surface area contributed by atoms with Crippen LogP contribution in [0.1, 0.15) is 46.0 Å². The number of fused-ring (bicyclic) bond motifs is 2. The smallest absolute Gasteiger partial charge is 0.255 e. The fourth-order valence-corrected chi connectivity index (χ4v) is 3.14. The topological polar surface area (TPSA) is 49.8 Å². The van der Waals surface area contributed by atoms with Gasteiger partial charge in [-0.2, -0.15) is 0 Å². The largest absolute Gasteiger partial charge is 0.393 e. The van der Waals surface area contributed by atoms with E-state index < -0.39 is 5.60 Å². The molecule has 2 saturated heterocycles. The Balaban J connectivity index is 2.16. The standard InChI is InChI=1S/C13H23NO3/c1-4-13(2,17-3)12(16)14-9-5-6-10(14)8-11(15)7-9/h9-11,15H,4-8H2,1-3H3. The Morgan fingerprint density at radius 2 is 1.94 bits per heavy atom. The third-order valence-corrected chi connectivity index (χ3v) is 4.52. The molecule has 98 valence electrons. The van der Waals surface area contributed by atoms with Crippen LogP contribution in [0.2, 0.25) is 0 Å². The zero-order chi connectivity index (χ0) is 12.6. The minimum Gasteiger partial charge on any atom is -0.393 e. The molecule has 2 rings (SSSR count). The minimum absolute atomic E-state index is 0.0990. The zero-order valence-corrected chi connectivity index (χ0v) is 11.0. The highest BCUT2D eigenvalue weighted by molar-refractivity contribution is 5.85. The second kappa shape index (κ2) is 4.58. The molecule has 0 aromatic carbocycles. The molecule has 0 aromatic heterocycles. The third kappa shape index (κ3) is 2.08. The van der Waals surface area contributed by atoms with Crippen molar-refractivity contribution in [2.75, 3.05) is 7.11 Å². The number of aliphatic hydroxyl groups excluding tert-OH is 1. The Bertz CT molecular complexity index is 287. The van der Waals surface area contributed by atoms with E-state index in [0.29, 0.717) is 6.42 Å². The van der Waals surface area contributed by atoms with E-state index >= 15 is 0 Å². The number of aliphatic hydroxyl groups is 1. The lowest BCUT2D eigenvalue weighted by Gasteiger charge is -2.41. The summed E-state index contributed by atoms with van der Waals surface area (Å²) in [6.07, 6.45) is 3.96. The highest BCUT2D eigenvalue weighted by Gasteiger charge is 2.47. The van der Waals surface area contributed by atoms with Crippen LogP contribution in [-0.2, 0) is 9.53 Å². The molecule has 2 heterocycles. The number of carbonyl (C=O) groups excluding carboxylic acids is 1. The van der Waals surface area contributed by atoms with Crippen molar-refractivity contribution < 1.29 is 14.6 Å². The first-order valence-electron chi connectivity index (χ1n) is 6.57. The molecule has 2 aliphatic rings. The molecule has 1 amide bonds. The Morgan fingerprint density at radius 1 is 1.41 bits per heavy atom. The predicted molar refractivity (Wildman–Crippen MR) is 64.6 cm³/mol. The van der Waals surface area contributed by atoms with Crippen LogP contribution in [0.5, 0.6) is 0 Å². The van der Waals surface area contributed by atoms with Crippen LogP contribution in [-0.4, -0.2) is 46.8 Å². The summed E-state index contributed by atoms with van der Waals surface area (Å²) in [7, 11) is 1.60. The van der Waals surface area contributed by atoms with Crippen molar-refractivity contribution in [3.8, 4) is 0 Å². The first-order chi connectivity index (χ1) is 8.01. The van der Waals surface area contributed by atoms with E-state index in [0.717, 1.165) is 25.7 Å². The normalized spacial score (nSPS) is 35.8. The van der Waals surface area contributed by atoms with Crippen LogP contribution in [0.15, 0.2) is 0 Å². The summed E-state index contributed by atoms with van der Waals surface area (Å²) in [5.74, 6) is 0.0990. The number of methoxy groups -OCH3 is 1. The van der Waals surface area contributed by atoms with Gasteiger partial charge in [-0.1, -0.05) is 6.92 Å². The van der Waals surface area contributed by atoms with Crippen molar-refractivity contribution in [2.45, 2.75) is 69.7 Å². The number of ether oxygens (including phenoxy) is 1. The summed E-state index contributed by atoms with van der Waals surface area (Å²) in [5.41, 5.74) is -0.705. The lowest BCUT2D eigenvalue weighted by Crippen LogP contribution is -2.55. The molecule has 0 saturated carbocycles. The van der Waals surface area contributed by atoms with Crippen molar-refractivity contribution in [3.63, 3.8) is 0 Å². The molecule has 2 aliphatic heterocycles. The lowest BCUT2D eigenvalue weighted by molar-refractivity contribution is -0.159. The molecule has 0 aliphatic carbocycles. The van der Waals surface area contributed by atoms with Gasteiger partial charge >= 0.3 is 0 Å². The van der Waals surface area contributed by atoms with Crippen molar-refractivity contribution >= 4 is 5.91 Å². The number of piperidine rings is 1. The molecular formula is C13H23NO3. The Morgan fingerprint density at radius 3 is 2.35 bits per heavy atom. The number of amides is 1. The summed E-state index contributed by atoms with van der Waals surface area (Å²) >= 11 is 0. The van der Waals surface area contributed by atoms with E-state index in [1.165, 1.54) is 0 Å². The molecule has 3 atom stereocenters. The average molecular weight is 241 g/mol. The second-order valence-corrected chi connectivity index (χ2v) is 5.51. The van der Waals surface area contributed by atoms with Gasteiger partial charge in [0.15, 0.2) is 0 Å². The summed E-state index contributed by atoms with van der Waals surface area (Å²) in [6.45, 7) is 3.84. The van der Waals surface area contributed by atoms with E-state index in [2.05, 4.69) is 0 Å². The maximum atomic E-state index is 12.6. The molecule has 0 radical (unpaired) electrons. The summed E-state index contributed by atoms with van der Waals surface area (Å²) < 4.78 is 5.40. The van der Waals surface area contributed by atoms with Crippen LogP contribution in [0, 0.1) is 0 Å². The Labute approximate surface area is 103 Å². The number of carbonyl (C=O) groups is 1. The fraction of sp³-hybridized carbons (Fsp3) is 0.923. The molecule has 17 heavy (non-hydrogen) atoms. The number of rotatable bonds is 3. The molecule has 3 unspecified atom stereocenters. The second-order valence-electron chi connectivity index (χ2n) is 5.51. The van der Waals surface area contributed by atoms with Gasteiger partial charge in [0, 0.05) is 19.2 Å². The quantitative estimate of drug-likeness (QED) is 0.810. The summed E-state index contributed by atoms with van der Waals surface area (Å²) in [6, 6.07) is 0.439. The van der Waals surface area contributed by atoms with E-state index in [1.54, 1.807) is 7.11 Å². The molecule has 4 nitrogen and oxygen atoms in total. The number of hydrogen-bond donors (Lipinski definition) is 1. The van der Waals surface area contributed by atoms with Crippen molar-refractivity contribution in [3.05, 3.63) is 0 Å². The highest BCUT2D eigenvalue weighted by atomic mass is 16.5. The number of nitrogens with zero attached hydrogens (tertiary/aromatic N) is 1. The Kier molecular flexibility index (Phi) is 3.46. The van der Waals surface area contributed by atoms with Crippen molar-refractivity contribution in [1.82, 2.24) is 4.90 Å². The van der Waals surface area contributed by atoms with Crippen LogP contribution in [0.3, 0.4) is 0 Å². The van der Waals surface area contributed by atoms with Gasteiger partial charge < -0.3 is 14.7 Å². The highest BCUT2D eigenvalue weighted by Crippen LogP contribution is 2.38.